The predicted molar refractivity (Wildman–Crippen MR) is 89.5 cm³/mol. The van der Waals surface area contributed by atoms with Crippen LogP contribution < -0.4 is 5.73 Å². The molecule has 0 atom stereocenters. The van der Waals surface area contributed by atoms with Crippen LogP contribution in [0.25, 0.3) is 0 Å². The van der Waals surface area contributed by atoms with Crippen molar-refractivity contribution in [3.05, 3.63) is 0 Å². The molecule has 0 bridgehead atoms. The van der Waals surface area contributed by atoms with Crippen LogP contribution in [0.4, 0.5) is 0 Å². The molecular weight excluding hydrogens is 345 g/mol. The normalized spacial score (nSPS) is 19.1. The van der Waals surface area contributed by atoms with Gasteiger partial charge in [0.2, 0.25) is 0 Å². The van der Waals surface area contributed by atoms with Gasteiger partial charge < -0.3 is 10.6 Å². The van der Waals surface area contributed by atoms with Gasteiger partial charge in [-0.15, -0.1) is 24.0 Å². The molecule has 0 radical (unpaired) electrons. The summed E-state index contributed by atoms with van der Waals surface area (Å²) in [6.45, 7) is 9.64. The van der Waals surface area contributed by atoms with Gasteiger partial charge in [-0.2, -0.15) is 11.8 Å². The number of hydrogen-bond acceptors (Lipinski definition) is 2. The number of hydrogen-bond donors (Lipinski definition) is 1. The Hall–Kier alpha value is 0.350. The van der Waals surface area contributed by atoms with Gasteiger partial charge in [0.25, 0.3) is 0 Å². The number of thioether (sulfide) groups is 1. The minimum atomic E-state index is 0. The van der Waals surface area contributed by atoms with Crippen molar-refractivity contribution in [2.45, 2.75) is 38.4 Å². The van der Waals surface area contributed by atoms with E-state index in [0.29, 0.717) is 0 Å². The fourth-order valence-electron chi connectivity index (χ4n) is 1.67. The fourth-order valence-corrected chi connectivity index (χ4v) is 1.87. The standard InChI is InChI=1S/C12H25N3S.HI/c1-10-5-7-15(8-6-10)11(13)14-9-12(2,3)16-4;/h10H,5-9H2,1-4H3,(H2,13,14);1H. The quantitative estimate of drug-likeness (QED) is 0.471. The number of halogens is 1. The lowest BCUT2D eigenvalue weighted by atomic mass is 10.00. The highest BCUT2D eigenvalue weighted by molar-refractivity contribution is 14.0. The van der Waals surface area contributed by atoms with Gasteiger partial charge in [0, 0.05) is 17.8 Å². The van der Waals surface area contributed by atoms with Gasteiger partial charge in [0.05, 0.1) is 6.54 Å². The molecule has 0 aromatic heterocycles. The van der Waals surface area contributed by atoms with E-state index in [2.05, 4.69) is 36.9 Å². The number of nitrogens with two attached hydrogens (primary N) is 1. The Morgan fingerprint density at radius 1 is 1.41 bits per heavy atom. The van der Waals surface area contributed by atoms with Gasteiger partial charge in [-0.3, -0.25) is 4.99 Å². The van der Waals surface area contributed by atoms with E-state index >= 15 is 0 Å². The van der Waals surface area contributed by atoms with Crippen molar-refractivity contribution in [2.75, 3.05) is 25.9 Å². The summed E-state index contributed by atoms with van der Waals surface area (Å²) in [5, 5.41) is 0. The van der Waals surface area contributed by atoms with Crippen LogP contribution in [0.2, 0.25) is 0 Å². The van der Waals surface area contributed by atoms with E-state index in [9.17, 15) is 0 Å². The average molecular weight is 371 g/mol. The van der Waals surface area contributed by atoms with Gasteiger partial charge >= 0.3 is 0 Å². The number of aliphatic imine (C=N–C) groups is 1. The first-order valence-corrected chi connectivity index (χ1v) is 7.27. The zero-order chi connectivity index (χ0) is 12.2. The van der Waals surface area contributed by atoms with E-state index in [1.54, 1.807) is 0 Å². The fraction of sp³-hybridized carbons (Fsp3) is 0.917. The predicted octanol–water partition coefficient (Wildman–Crippen LogP) is 2.79. The Kier molecular flexibility index (Phi) is 7.87. The van der Waals surface area contributed by atoms with Crippen LogP contribution in [0.5, 0.6) is 0 Å². The van der Waals surface area contributed by atoms with E-state index in [0.717, 1.165) is 31.5 Å². The van der Waals surface area contributed by atoms with Crippen LogP contribution in [-0.2, 0) is 0 Å². The maximum Gasteiger partial charge on any atom is 0.191 e. The van der Waals surface area contributed by atoms with Gasteiger partial charge in [-0.1, -0.05) is 6.92 Å². The van der Waals surface area contributed by atoms with Crippen LogP contribution in [0.1, 0.15) is 33.6 Å². The zero-order valence-corrected chi connectivity index (χ0v) is 14.5. The number of rotatable bonds is 3. The average Bonchev–Trinajstić information content (AvgIpc) is 2.27. The molecule has 0 aliphatic carbocycles. The van der Waals surface area contributed by atoms with E-state index in [-0.39, 0.29) is 28.7 Å². The summed E-state index contributed by atoms with van der Waals surface area (Å²) in [6.07, 6.45) is 4.60. The van der Waals surface area contributed by atoms with Crippen LogP contribution in [0, 0.1) is 5.92 Å². The molecule has 5 heteroatoms. The SMILES string of the molecule is CSC(C)(C)CN=C(N)N1CCC(C)CC1.I. The minimum Gasteiger partial charge on any atom is -0.370 e. The molecule has 1 heterocycles. The van der Waals surface area contributed by atoms with Gasteiger partial charge in [0.15, 0.2) is 5.96 Å². The molecule has 0 saturated carbocycles. The highest BCUT2D eigenvalue weighted by Gasteiger charge is 2.19. The molecule has 0 amide bonds. The molecule has 1 aliphatic heterocycles. The number of nitrogens with zero attached hydrogens (tertiary/aromatic N) is 2. The molecule has 1 fully saturated rings. The highest BCUT2D eigenvalue weighted by atomic mass is 127. The van der Waals surface area contributed by atoms with Gasteiger partial charge in [-0.05, 0) is 38.9 Å². The Labute approximate surface area is 127 Å². The van der Waals surface area contributed by atoms with E-state index in [1.165, 1.54) is 12.8 Å². The summed E-state index contributed by atoms with van der Waals surface area (Å²) in [5.74, 6) is 1.57. The molecule has 102 valence electrons. The third kappa shape index (κ3) is 6.18. The summed E-state index contributed by atoms with van der Waals surface area (Å²) < 4.78 is 0.188. The van der Waals surface area contributed by atoms with Gasteiger partial charge in [0.1, 0.15) is 0 Å². The van der Waals surface area contributed by atoms with Crippen LogP contribution in [0.3, 0.4) is 0 Å². The second kappa shape index (κ2) is 7.71. The van der Waals surface area contributed by atoms with Crippen molar-refractivity contribution in [3.63, 3.8) is 0 Å². The highest BCUT2D eigenvalue weighted by Crippen LogP contribution is 2.21. The lowest BCUT2D eigenvalue weighted by Gasteiger charge is -2.31. The molecule has 0 unspecified atom stereocenters. The molecule has 3 nitrogen and oxygen atoms in total. The molecule has 1 saturated heterocycles. The van der Waals surface area contributed by atoms with E-state index < -0.39 is 0 Å². The molecule has 0 aromatic rings. The third-order valence-corrected chi connectivity index (χ3v) is 4.52. The third-order valence-electron chi connectivity index (χ3n) is 3.28. The Bertz CT molecular complexity index is 248. The number of piperidine rings is 1. The first-order valence-electron chi connectivity index (χ1n) is 6.04. The topological polar surface area (TPSA) is 41.6 Å². The number of guanidine groups is 1. The lowest BCUT2D eigenvalue weighted by molar-refractivity contribution is 0.277. The summed E-state index contributed by atoms with van der Waals surface area (Å²) in [7, 11) is 0. The first-order chi connectivity index (χ1) is 7.44. The van der Waals surface area contributed by atoms with Crippen molar-refractivity contribution >= 4 is 41.7 Å². The molecule has 0 spiro atoms. The number of likely N-dealkylation sites (tertiary alicyclic amines) is 1. The largest absolute Gasteiger partial charge is 0.370 e. The Morgan fingerprint density at radius 2 is 1.94 bits per heavy atom. The van der Waals surface area contributed by atoms with Crippen molar-refractivity contribution in [1.82, 2.24) is 4.90 Å². The zero-order valence-electron chi connectivity index (χ0n) is 11.4. The maximum atomic E-state index is 6.02. The van der Waals surface area contributed by atoms with Crippen LogP contribution >= 0.6 is 35.7 Å². The monoisotopic (exact) mass is 371 g/mol. The summed E-state index contributed by atoms with van der Waals surface area (Å²) >= 11 is 1.83. The Morgan fingerprint density at radius 3 is 2.41 bits per heavy atom. The summed E-state index contributed by atoms with van der Waals surface area (Å²) in [4.78, 5) is 6.73. The second-order valence-electron chi connectivity index (χ2n) is 5.31. The summed E-state index contributed by atoms with van der Waals surface area (Å²) in [5.41, 5.74) is 6.02. The summed E-state index contributed by atoms with van der Waals surface area (Å²) in [6, 6.07) is 0. The smallest absolute Gasteiger partial charge is 0.191 e. The molecule has 17 heavy (non-hydrogen) atoms. The van der Waals surface area contributed by atoms with Crippen molar-refractivity contribution in [2.24, 2.45) is 16.6 Å². The second-order valence-corrected chi connectivity index (χ2v) is 6.82. The van der Waals surface area contributed by atoms with E-state index in [1.807, 2.05) is 11.8 Å². The van der Waals surface area contributed by atoms with Crippen molar-refractivity contribution in [1.29, 1.82) is 0 Å². The Balaban J connectivity index is 0.00000256. The van der Waals surface area contributed by atoms with Crippen LogP contribution in [-0.4, -0.2) is 41.5 Å². The van der Waals surface area contributed by atoms with Crippen molar-refractivity contribution in [3.8, 4) is 0 Å². The van der Waals surface area contributed by atoms with Crippen molar-refractivity contribution < 1.29 is 0 Å². The maximum absolute atomic E-state index is 6.02. The molecule has 2 N–H and O–H groups in total. The van der Waals surface area contributed by atoms with Gasteiger partial charge in [-0.25, -0.2) is 0 Å². The van der Waals surface area contributed by atoms with Crippen LogP contribution in [0.15, 0.2) is 4.99 Å². The lowest BCUT2D eigenvalue weighted by Crippen LogP contribution is -2.43. The van der Waals surface area contributed by atoms with E-state index in [4.69, 9.17) is 5.73 Å². The molecule has 1 aliphatic rings. The molecular formula is C12H26IN3S. The first kappa shape index (κ1) is 17.4. The molecule has 1 rings (SSSR count). The minimum absolute atomic E-state index is 0. The molecule has 0 aromatic carbocycles.